The number of imidazole rings is 1. The third-order valence-corrected chi connectivity index (χ3v) is 5.72. The van der Waals surface area contributed by atoms with Crippen molar-refractivity contribution >= 4 is 26.5 Å². The lowest BCUT2D eigenvalue weighted by atomic mass is 10.1. The molecule has 0 unspecified atom stereocenters. The largest absolute Gasteiger partial charge is 0.336 e. The van der Waals surface area contributed by atoms with Gasteiger partial charge < -0.3 is 4.57 Å². The van der Waals surface area contributed by atoms with E-state index in [2.05, 4.69) is 28.5 Å². The number of sulfonamides is 1. The van der Waals surface area contributed by atoms with Gasteiger partial charge in [-0.05, 0) is 11.5 Å². The van der Waals surface area contributed by atoms with Crippen LogP contribution < -0.4 is 4.72 Å². The summed E-state index contributed by atoms with van der Waals surface area (Å²) in [5.41, 5.74) is 1.16. The molecule has 0 aliphatic rings. The molecule has 132 valence electrons. The lowest BCUT2D eigenvalue weighted by Gasteiger charge is -2.04. The molecule has 0 amide bonds. The van der Waals surface area contributed by atoms with Crippen molar-refractivity contribution in [3.8, 4) is 0 Å². The fraction of sp³-hybridized carbons (Fsp3) is 0.294. The van der Waals surface area contributed by atoms with Gasteiger partial charge in [0.1, 0.15) is 0 Å². The Morgan fingerprint density at radius 2 is 1.96 bits per heavy atom. The van der Waals surface area contributed by atoms with E-state index in [9.17, 15) is 8.42 Å². The zero-order valence-corrected chi connectivity index (χ0v) is 15.7. The van der Waals surface area contributed by atoms with Gasteiger partial charge >= 0.3 is 0 Å². The van der Waals surface area contributed by atoms with Crippen molar-refractivity contribution in [2.24, 2.45) is 5.92 Å². The summed E-state index contributed by atoms with van der Waals surface area (Å²) in [4.78, 5) is 9.17. The first-order chi connectivity index (χ1) is 11.9. The van der Waals surface area contributed by atoms with Crippen molar-refractivity contribution in [1.29, 1.82) is 0 Å². The van der Waals surface area contributed by atoms with Gasteiger partial charge in [0.25, 0.3) is 10.0 Å². The van der Waals surface area contributed by atoms with Crippen molar-refractivity contribution in [3.05, 3.63) is 59.5 Å². The predicted octanol–water partition coefficient (Wildman–Crippen LogP) is 3.39. The van der Waals surface area contributed by atoms with Crippen molar-refractivity contribution in [3.63, 3.8) is 0 Å². The number of anilines is 1. The van der Waals surface area contributed by atoms with Crippen LogP contribution in [0.15, 0.2) is 54.1 Å². The van der Waals surface area contributed by atoms with Gasteiger partial charge in [-0.15, -0.1) is 11.3 Å². The van der Waals surface area contributed by atoms with Gasteiger partial charge in [-0.1, -0.05) is 44.2 Å². The first kappa shape index (κ1) is 17.6. The molecule has 8 heteroatoms. The Morgan fingerprint density at radius 3 is 2.68 bits per heavy atom. The third kappa shape index (κ3) is 4.67. The van der Waals surface area contributed by atoms with E-state index < -0.39 is 10.0 Å². The average molecular weight is 377 g/mol. The highest BCUT2D eigenvalue weighted by Crippen LogP contribution is 2.23. The molecule has 0 fully saturated rings. The number of nitrogens with one attached hydrogen (secondary N) is 1. The maximum atomic E-state index is 12.4. The number of thiazole rings is 1. The Hall–Kier alpha value is -2.19. The molecule has 3 aromatic rings. The summed E-state index contributed by atoms with van der Waals surface area (Å²) in [7, 11) is -3.72. The molecule has 0 saturated heterocycles. The zero-order valence-electron chi connectivity index (χ0n) is 14.1. The summed E-state index contributed by atoms with van der Waals surface area (Å²) >= 11 is 1.33. The number of aromatic nitrogens is 3. The van der Waals surface area contributed by atoms with E-state index in [1.807, 2.05) is 30.3 Å². The summed E-state index contributed by atoms with van der Waals surface area (Å²) in [6.45, 7) is 4.85. The van der Waals surface area contributed by atoms with Gasteiger partial charge in [-0.2, -0.15) is 8.42 Å². The molecule has 0 spiro atoms. The minimum absolute atomic E-state index is 0.00737. The molecule has 1 aromatic carbocycles. The summed E-state index contributed by atoms with van der Waals surface area (Å²) < 4.78 is 29.2. The van der Waals surface area contributed by atoms with Crippen LogP contribution in [0, 0.1) is 5.92 Å². The van der Waals surface area contributed by atoms with Gasteiger partial charge in [0.2, 0.25) is 0 Å². The molecule has 0 aliphatic heterocycles. The highest BCUT2D eigenvalue weighted by molar-refractivity contribution is 7.92. The fourth-order valence-corrected chi connectivity index (χ4v) is 4.44. The van der Waals surface area contributed by atoms with Crippen LogP contribution in [0.2, 0.25) is 0 Å². The van der Waals surface area contributed by atoms with Crippen LogP contribution in [0.1, 0.15) is 24.3 Å². The van der Waals surface area contributed by atoms with Crippen LogP contribution in [-0.2, 0) is 23.0 Å². The minimum Gasteiger partial charge on any atom is -0.336 e. The highest BCUT2D eigenvalue weighted by Gasteiger charge is 2.19. The Kier molecular flexibility index (Phi) is 5.19. The van der Waals surface area contributed by atoms with E-state index in [0.29, 0.717) is 11.0 Å². The Labute approximate surface area is 151 Å². The van der Waals surface area contributed by atoms with Crippen molar-refractivity contribution in [2.45, 2.75) is 31.8 Å². The van der Waals surface area contributed by atoms with Crippen molar-refractivity contribution < 1.29 is 8.42 Å². The van der Waals surface area contributed by atoms with Gasteiger partial charge in [-0.25, -0.2) is 9.97 Å². The number of rotatable bonds is 7. The molecule has 0 atom stereocenters. The topological polar surface area (TPSA) is 76.9 Å². The van der Waals surface area contributed by atoms with Crippen LogP contribution in [0.25, 0.3) is 0 Å². The molecular weight excluding hydrogens is 356 g/mol. The normalized spacial score (nSPS) is 11.8. The molecule has 6 nitrogen and oxygen atoms in total. The second-order valence-corrected chi connectivity index (χ2v) is 8.95. The molecule has 2 heterocycles. The smallest absolute Gasteiger partial charge is 0.282 e. The molecular formula is C17H20N4O2S2. The Bertz CT molecular complexity index is 930. The van der Waals surface area contributed by atoms with E-state index in [1.165, 1.54) is 17.7 Å². The second kappa shape index (κ2) is 7.37. The van der Waals surface area contributed by atoms with Gasteiger partial charge in [0.05, 0.1) is 6.33 Å². The first-order valence-corrected chi connectivity index (χ1v) is 10.3. The molecule has 0 aliphatic carbocycles. The van der Waals surface area contributed by atoms with Crippen molar-refractivity contribution in [2.75, 3.05) is 4.72 Å². The molecule has 25 heavy (non-hydrogen) atoms. The predicted molar refractivity (Wildman–Crippen MR) is 99.2 cm³/mol. The van der Waals surface area contributed by atoms with Crippen LogP contribution in [0.4, 0.5) is 5.13 Å². The average Bonchev–Trinajstić information content (AvgIpc) is 3.17. The SMILES string of the molecule is CC(C)Cn1cnc(S(=O)(=O)Nc2ncc(Cc3ccccc3)s2)c1. The molecule has 3 rings (SSSR count). The van der Waals surface area contributed by atoms with Gasteiger partial charge in [-0.3, -0.25) is 4.72 Å². The highest BCUT2D eigenvalue weighted by atomic mass is 32.2. The fourth-order valence-electron chi connectivity index (χ4n) is 2.40. The molecule has 0 bridgehead atoms. The molecule has 0 saturated carbocycles. The van der Waals surface area contributed by atoms with Crippen LogP contribution in [0.5, 0.6) is 0 Å². The maximum Gasteiger partial charge on any atom is 0.282 e. The lowest BCUT2D eigenvalue weighted by molar-refractivity contribution is 0.522. The maximum absolute atomic E-state index is 12.4. The molecule has 2 aromatic heterocycles. The lowest BCUT2D eigenvalue weighted by Crippen LogP contribution is -2.13. The third-order valence-electron chi connectivity index (χ3n) is 3.46. The molecule has 1 N–H and O–H groups in total. The van der Waals surface area contributed by atoms with Gasteiger partial charge in [0, 0.05) is 30.2 Å². The first-order valence-electron chi connectivity index (χ1n) is 7.95. The summed E-state index contributed by atoms with van der Waals surface area (Å²) in [6, 6.07) is 9.99. The Balaban J connectivity index is 1.70. The summed E-state index contributed by atoms with van der Waals surface area (Å²) in [6.07, 6.45) is 5.51. The number of hydrogen-bond acceptors (Lipinski definition) is 5. The van der Waals surface area contributed by atoms with E-state index in [0.717, 1.165) is 23.4 Å². The van der Waals surface area contributed by atoms with Crippen molar-refractivity contribution in [1.82, 2.24) is 14.5 Å². The quantitative estimate of drug-likeness (QED) is 0.686. The number of nitrogens with zero attached hydrogens (tertiary/aromatic N) is 3. The van der Waals surface area contributed by atoms with E-state index in [4.69, 9.17) is 0 Å². The van der Waals surface area contributed by atoms with Gasteiger partial charge in [0.15, 0.2) is 10.2 Å². The summed E-state index contributed by atoms with van der Waals surface area (Å²) in [5, 5.41) is 0.359. The van der Waals surface area contributed by atoms with E-state index in [1.54, 1.807) is 17.0 Å². The van der Waals surface area contributed by atoms with Crippen LogP contribution >= 0.6 is 11.3 Å². The van der Waals surface area contributed by atoms with Crippen LogP contribution in [-0.4, -0.2) is 23.0 Å². The zero-order chi connectivity index (χ0) is 17.9. The monoisotopic (exact) mass is 376 g/mol. The summed E-state index contributed by atoms with van der Waals surface area (Å²) in [5.74, 6) is 0.414. The number of hydrogen-bond donors (Lipinski definition) is 1. The second-order valence-electron chi connectivity index (χ2n) is 6.20. The van der Waals surface area contributed by atoms with E-state index in [-0.39, 0.29) is 5.03 Å². The van der Waals surface area contributed by atoms with Crippen LogP contribution in [0.3, 0.4) is 0 Å². The standard InChI is InChI=1S/C17H20N4O2S2/c1-13(2)10-21-11-16(19-12-21)25(22,23)20-17-18-9-15(24-17)8-14-6-4-3-5-7-14/h3-7,9,11-13H,8,10H2,1-2H3,(H,18,20). The number of benzene rings is 1. The van der Waals surface area contributed by atoms with E-state index >= 15 is 0 Å². The minimum atomic E-state index is -3.72. The Morgan fingerprint density at radius 1 is 1.20 bits per heavy atom. The molecule has 0 radical (unpaired) electrons.